The van der Waals surface area contributed by atoms with Crippen molar-refractivity contribution >= 4 is 27.9 Å². The number of aromatic nitrogens is 1. The van der Waals surface area contributed by atoms with Crippen molar-refractivity contribution in [3.8, 4) is 11.5 Å². The number of aldehydes is 1. The molecule has 0 aliphatic carbocycles. The molecule has 0 N–H and O–H groups in total. The standard InChI is InChI=1S/C8H5NOS.C8H8O2/c10-5-7-6-3-1-2-4-8(6)11-9-7;1-6-2-3-7-8(4-6)10-5-9-7/h1-5H;2-4H,5H2,1H3. The van der Waals surface area contributed by atoms with Gasteiger partial charge in [0.25, 0.3) is 0 Å². The average Bonchev–Trinajstić information content (AvgIpc) is 3.13. The summed E-state index contributed by atoms with van der Waals surface area (Å²) in [6.45, 7) is 2.39. The molecule has 3 aromatic rings. The second-order valence-electron chi connectivity index (χ2n) is 4.54. The van der Waals surface area contributed by atoms with Crippen LogP contribution in [0.15, 0.2) is 42.5 Å². The van der Waals surface area contributed by atoms with Gasteiger partial charge in [0.1, 0.15) is 5.69 Å². The van der Waals surface area contributed by atoms with E-state index in [2.05, 4.69) is 4.37 Å². The van der Waals surface area contributed by atoms with Crippen LogP contribution in [0.3, 0.4) is 0 Å². The number of hydrogen-bond acceptors (Lipinski definition) is 5. The molecule has 0 atom stereocenters. The molecule has 0 unspecified atom stereocenters. The molecule has 0 amide bonds. The van der Waals surface area contributed by atoms with Gasteiger partial charge in [0.15, 0.2) is 17.8 Å². The van der Waals surface area contributed by atoms with Crippen LogP contribution < -0.4 is 9.47 Å². The molecule has 21 heavy (non-hydrogen) atoms. The first kappa shape index (κ1) is 13.6. The van der Waals surface area contributed by atoms with E-state index in [9.17, 15) is 4.79 Å². The normalized spacial score (nSPS) is 11.9. The molecular weight excluding hydrogens is 286 g/mol. The van der Waals surface area contributed by atoms with Crippen molar-refractivity contribution in [2.24, 2.45) is 0 Å². The highest BCUT2D eigenvalue weighted by molar-refractivity contribution is 7.13. The highest BCUT2D eigenvalue weighted by atomic mass is 32.1. The smallest absolute Gasteiger partial charge is 0.231 e. The molecule has 0 saturated heterocycles. The molecule has 0 bridgehead atoms. The number of nitrogens with zero attached hydrogens (tertiary/aromatic N) is 1. The Morgan fingerprint density at radius 1 is 1.14 bits per heavy atom. The number of benzene rings is 2. The Kier molecular flexibility index (Phi) is 3.83. The van der Waals surface area contributed by atoms with E-state index in [1.54, 1.807) is 0 Å². The van der Waals surface area contributed by atoms with Crippen molar-refractivity contribution in [2.45, 2.75) is 6.92 Å². The fourth-order valence-corrected chi connectivity index (χ4v) is 2.74. The minimum Gasteiger partial charge on any atom is -0.454 e. The van der Waals surface area contributed by atoms with Crippen molar-refractivity contribution in [1.82, 2.24) is 4.37 Å². The van der Waals surface area contributed by atoms with Crippen LogP contribution in [0.4, 0.5) is 0 Å². The maximum Gasteiger partial charge on any atom is 0.231 e. The van der Waals surface area contributed by atoms with Crippen molar-refractivity contribution in [1.29, 1.82) is 0 Å². The van der Waals surface area contributed by atoms with E-state index >= 15 is 0 Å². The van der Waals surface area contributed by atoms with Gasteiger partial charge in [-0.1, -0.05) is 24.3 Å². The second-order valence-corrected chi connectivity index (χ2v) is 5.34. The topological polar surface area (TPSA) is 48.4 Å². The summed E-state index contributed by atoms with van der Waals surface area (Å²) in [5, 5.41) is 0.951. The van der Waals surface area contributed by atoms with Crippen molar-refractivity contribution in [3.05, 3.63) is 53.7 Å². The number of aryl methyl sites for hydroxylation is 1. The molecule has 0 radical (unpaired) electrons. The summed E-state index contributed by atoms with van der Waals surface area (Å²) >= 11 is 1.36. The summed E-state index contributed by atoms with van der Waals surface area (Å²) in [5.74, 6) is 1.71. The third kappa shape index (κ3) is 2.87. The molecule has 4 rings (SSSR count). The summed E-state index contributed by atoms with van der Waals surface area (Å²) < 4.78 is 15.3. The minimum atomic E-state index is 0.360. The molecule has 1 aliphatic rings. The van der Waals surface area contributed by atoms with Gasteiger partial charge < -0.3 is 9.47 Å². The summed E-state index contributed by atoms with van der Waals surface area (Å²) in [4.78, 5) is 10.4. The van der Waals surface area contributed by atoms with Crippen LogP contribution in [0, 0.1) is 6.92 Å². The fourth-order valence-electron chi connectivity index (χ4n) is 1.99. The Morgan fingerprint density at radius 3 is 2.81 bits per heavy atom. The largest absolute Gasteiger partial charge is 0.454 e. The number of carbonyl (C=O) groups is 1. The van der Waals surface area contributed by atoms with Crippen LogP contribution in [0.25, 0.3) is 10.1 Å². The van der Waals surface area contributed by atoms with Gasteiger partial charge in [-0.15, -0.1) is 0 Å². The van der Waals surface area contributed by atoms with Gasteiger partial charge in [-0.25, -0.2) is 0 Å². The number of ether oxygens (including phenoxy) is 2. The summed E-state index contributed by atoms with van der Waals surface area (Å²) in [7, 11) is 0. The van der Waals surface area contributed by atoms with Crippen LogP contribution >= 0.6 is 11.5 Å². The zero-order valence-corrected chi connectivity index (χ0v) is 12.2. The lowest BCUT2D eigenvalue weighted by atomic mass is 10.2. The van der Waals surface area contributed by atoms with Crippen LogP contribution in [0.5, 0.6) is 11.5 Å². The van der Waals surface area contributed by atoms with E-state index in [0.717, 1.165) is 27.9 Å². The molecule has 2 aromatic carbocycles. The zero-order chi connectivity index (χ0) is 14.7. The van der Waals surface area contributed by atoms with Gasteiger partial charge in [0, 0.05) is 5.39 Å². The van der Waals surface area contributed by atoms with Gasteiger partial charge in [-0.3, -0.25) is 4.79 Å². The first-order valence-corrected chi connectivity index (χ1v) is 7.21. The number of fused-ring (bicyclic) bond motifs is 2. The number of hydrogen-bond donors (Lipinski definition) is 0. The second kappa shape index (κ2) is 5.93. The first-order valence-electron chi connectivity index (χ1n) is 6.44. The molecule has 0 saturated carbocycles. The molecule has 0 spiro atoms. The summed E-state index contributed by atoms with van der Waals surface area (Å²) in [6.07, 6.45) is 0.791. The Bertz CT molecular complexity index is 782. The molecule has 4 nitrogen and oxygen atoms in total. The van der Waals surface area contributed by atoms with E-state index in [4.69, 9.17) is 9.47 Å². The predicted octanol–water partition coefficient (Wildman–Crippen LogP) is 3.83. The van der Waals surface area contributed by atoms with E-state index < -0.39 is 0 Å². The molecular formula is C16H13NO3S. The van der Waals surface area contributed by atoms with Crippen LogP contribution in [-0.2, 0) is 0 Å². The third-order valence-electron chi connectivity index (χ3n) is 3.05. The molecule has 1 aromatic heterocycles. The SMILES string of the molecule is Cc1ccc2c(c1)OCO2.O=Cc1nsc2ccccc12. The van der Waals surface area contributed by atoms with E-state index in [0.29, 0.717) is 12.5 Å². The highest BCUT2D eigenvalue weighted by Crippen LogP contribution is 2.31. The summed E-state index contributed by atoms with van der Waals surface area (Å²) in [5.41, 5.74) is 1.75. The molecule has 0 fully saturated rings. The molecule has 5 heteroatoms. The Morgan fingerprint density at radius 2 is 1.95 bits per heavy atom. The molecule has 2 heterocycles. The number of carbonyl (C=O) groups excluding carboxylic acids is 1. The lowest BCUT2D eigenvalue weighted by Gasteiger charge is -1.94. The Hall–Kier alpha value is -2.40. The van der Waals surface area contributed by atoms with Gasteiger partial charge in [-0.2, -0.15) is 4.37 Å². The van der Waals surface area contributed by atoms with Crippen molar-refractivity contribution in [2.75, 3.05) is 6.79 Å². The number of rotatable bonds is 1. The fraction of sp³-hybridized carbons (Fsp3) is 0.125. The van der Waals surface area contributed by atoms with Gasteiger partial charge in [-0.05, 0) is 42.2 Å². The van der Waals surface area contributed by atoms with E-state index in [-0.39, 0.29) is 0 Å². The monoisotopic (exact) mass is 299 g/mol. The summed E-state index contributed by atoms with van der Waals surface area (Å²) in [6, 6.07) is 13.6. The van der Waals surface area contributed by atoms with Crippen molar-refractivity contribution < 1.29 is 14.3 Å². The van der Waals surface area contributed by atoms with E-state index in [1.165, 1.54) is 17.1 Å². The quantitative estimate of drug-likeness (QED) is 0.641. The molecule has 1 aliphatic heterocycles. The van der Waals surface area contributed by atoms with Crippen LogP contribution in [-0.4, -0.2) is 17.5 Å². The Labute approximate surface area is 126 Å². The minimum absolute atomic E-state index is 0.360. The third-order valence-corrected chi connectivity index (χ3v) is 3.89. The molecule has 106 valence electrons. The lowest BCUT2D eigenvalue weighted by molar-refractivity contribution is 0.112. The van der Waals surface area contributed by atoms with Crippen LogP contribution in [0.2, 0.25) is 0 Å². The lowest BCUT2D eigenvalue weighted by Crippen LogP contribution is -1.92. The van der Waals surface area contributed by atoms with E-state index in [1.807, 2.05) is 49.4 Å². The van der Waals surface area contributed by atoms with Gasteiger partial charge in [0.05, 0.1) is 4.70 Å². The Balaban J connectivity index is 0.000000126. The van der Waals surface area contributed by atoms with Crippen molar-refractivity contribution in [3.63, 3.8) is 0 Å². The van der Waals surface area contributed by atoms with Gasteiger partial charge >= 0.3 is 0 Å². The first-order chi connectivity index (χ1) is 10.3. The average molecular weight is 299 g/mol. The maximum atomic E-state index is 10.4. The zero-order valence-electron chi connectivity index (χ0n) is 11.4. The highest BCUT2D eigenvalue weighted by Gasteiger charge is 2.11. The predicted molar refractivity (Wildman–Crippen MR) is 82.3 cm³/mol. The van der Waals surface area contributed by atoms with Gasteiger partial charge in [0.2, 0.25) is 6.79 Å². The maximum absolute atomic E-state index is 10.4. The van der Waals surface area contributed by atoms with Crippen LogP contribution in [0.1, 0.15) is 16.1 Å².